The number of rotatable bonds is 12. The Kier molecular flexibility index (Phi) is 12.1. The van der Waals surface area contributed by atoms with Gasteiger partial charge in [0, 0.05) is 45.8 Å². The molecule has 0 spiro atoms. The van der Waals surface area contributed by atoms with Gasteiger partial charge in [-0.2, -0.15) is 0 Å². The molecule has 1 rings (SSSR count). The summed E-state index contributed by atoms with van der Waals surface area (Å²) < 4.78 is 27.4. The Bertz CT molecular complexity index is 711. The number of esters is 3. The van der Waals surface area contributed by atoms with Crippen molar-refractivity contribution >= 4 is 23.8 Å². The van der Waals surface area contributed by atoms with E-state index < -0.39 is 54.3 Å². The van der Waals surface area contributed by atoms with E-state index >= 15 is 0 Å². The number of ether oxygens (including phenoxy) is 5. The van der Waals surface area contributed by atoms with E-state index in [1.165, 1.54) is 27.7 Å². The van der Waals surface area contributed by atoms with Gasteiger partial charge in [-0.05, 0) is 18.4 Å². The van der Waals surface area contributed by atoms with Crippen LogP contribution in [0, 0.1) is 0 Å². The summed E-state index contributed by atoms with van der Waals surface area (Å²) in [5.41, 5.74) is 8.28. The molecule has 13 heteroatoms. The molecule has 1 amide bonds. The molecule has 32 heavy (non-hydrogen) atoms. The first-order valence-corrected chi connectivity index (χ1v) is 10.1. The van der Waals surface area contributed by atoms with Gasteiger partial charge in [-0.25, -0.2) is 0 Å². The number of carbonyl (C=O) groups excluding carboxylic acids is 4. The molecule has 0 aliphatic carbocycles. The molecule has 0 aromatic carbocycles. The van der Waals surface area contributed by atoms with Crippen LogP contribution >= 0.6 is 0 Å². The molecular formula is C19H30N4O9. The number of carbonyl (C=O) groups is 4. The van der Waals surface area contributed by atoms with Crippen LogP contribution in [0.15, 0.2) is 5.11 Å². The van der Waals surface area contributed by atoms with E-state index in [0.717, 1.165) is 0 Å². The van der Waals surface area contributed by atoms with Gasteiger partial charge in [0.15, 0.2) is 12.2 Å². The zero-order valence-corrected chi connectivity index (χ0v) is 18.6. The van der Waals surface area contributed by atoms with Crippen LogP contribution < -0.4 is 5.32 Å². The normalized spacial score (nSPS) is 24.6. The second-order valence-corrected chi connectivity index (χ2v) is 7.13. The topological polar surface area (TPSA) is 175 Å². The van der Waals surface area contributed by atoms with Crippen LogP contribution in [0.1, 0.15) is 40.5 Å². The fourth-order valence-electron chi connectivity index (χ4n) is 3.20. The summed E-state index contributed by atoms with van der Waals surface area (Å²) in [5, 5.41) is 6.11. The predicted octanol–water partition coefficient (Wildman–Crippen LogP) is 0.792. The molecule has 1 fully saturated rings. The summed E-state index contributed by atoms with van der Waals surface area (Å²) in [5.74, 6) is -2.32. The highest BCUT2D eigenvalue weighted by molar-refractivity contribution is 5.73. The second-order valence-electron chi connectivity index (χ2n) is 7.13. The summed E-state index contributed by atoms with van der Waals surface area (Å²) in [6.45, 7) is 5.27. The molecule has 13 nitrogen and oxygen atoms in total. The number of unbranched alkanes of at least 4 members (excludes halogenated alkanes) is 1. The van der Waals surface area contributed by atoms with E-state index in [-0.39, 0.29) is 13.2 Å². The maximum absolute atomic E-state index is 11.8. The van der Waals surface area contributed by atoms with Crippen LogP contribution in [0.25, 0.3) is 10.4 Å². The summed E-state index contributed by atoms with van der Waals surface area (Å²) >= 11 is 0. The van der Waals surface area contributed by atoms with Gasteiger partial charge in [-0.3, -0.25) is 19.2 Å². The van der Waals surface area contributed by atoms with Crippen molar-refractivity contribution in [1.82, 2.24) is 5.32 Å². The first kappa shape index (κ1) is 27.1. The largest absolute Gasteiger partial charge is 0.463 e. The predicted molar refractivity (Wildman–Crippen MR) is 108 cm³/mol. The lowest BCUT2D eigenvalue weighted by Gasteiger charge is -2.45. The van der Waals surface area contributed by atoms with E-state index in [0.29, 0.717) is 26.0 Å². The van der Waals surface area contributed by atoms with Crippen molar-refractivity contribution < 1.29 is 42.9 Å². The van der Waals surface area contributed by atoms with E-state index in [2.05, 4.69) is 15.3 Å². The van der Waals surface area contributed by atoms with Crippen LogP contribution in [0.2, 0.25) is 0 Å². The minimum atomic E-state index is -1.13. The lowest BCUT2D eigenvalue weighted by Crippen LogP contribution is -2.67. The van der Waals surface area contributed by atoms with Gasteiger partial charge < -0.3 is 29.0 Å². The lowest BCUT2D eigenvalue weighted by atomic mass is 9.92. The molecule has 1 aliphatic rings. The van der Waals surface area contributed by atoms with Crippen LogP contribution in [0.5, 0.6) is 0 Å². The van der Waals surface area contributed by atoms with Gasteiger partial charge in [-0.15, -0.1) is 0 Å². The fraction of sp³-hybridized carbons (Fsp3) is 0.789. The van der Waals surface area contributed by atoms with Crippen molar-refractivity contribution in [2.24, 2.45) is 5.11 Å². The molecule has 180 valence electrons. The quantitative estimate of drug-likeness (QED) is 0.111. The molecule has 0 unspecified atom stereocenters. The second kappa shape index (κ2) is 14.2. The molecule has 0 bridgehead atoms. The Morgan fingerprint density at radius 1 is 0.938 bits per heavy atom. The smallest absolute Gasteiger partial charge is 0.303 e. The van der Waals surface area contributed by atoms with Crippen LogP contribution in [0.4, 0.5) is 0 Å². The van der Waals surface area contributed by atoms with Gasteiger partial charge in [0.05, 0.1) is 12.6 Å². The highest BCUT2D eigenvalue weighted by atomic mass is 16.6. The number of nitrogens with zero attached hydrogens (tertiary/aromatic N) is 3. The minimum Gasteiger partial charge on any atom is -0.463 e. The van der Waals surface area contributed by atoms with Gasteiger partial charge in [0.1, 0.15) is 18.8 Å². The molecule has 5 atom stereocenters. The van der Waals surface area contributed by atoms with Crippen LogP contribution in [-0.4, -0.2) is 80.6 Å². The first-order valence-electron chi connectivity index (χ1n) is 10.1. The minimum absolute atomic E-state index is 0.00753. The molecule has 0 aromatic heterocycles. The number of amides is 1. The third-order valence-corrected chi connectivity index (χ3v) is 4.36. The SMILES string of the molecule is CC(=O)N[C@@H]1[C@@H](OC(C)=O)[C@@H](OC(C)=O)[C@@H](COC(C)=O)O[C@H]1COCCCCN=[N+]=[N-]. The maximum atomic E-state index is 11.8. The Labute approximate surface area is 185 Å². The molecule has 0 saturated carbocycles. The molecule has 0 radical (unpaired) electrons. The number of hydrogen-bond donors (Lipinski definition) is 1. The summed E-state index contributed by atoms with van der Waals surface area (Å²) in [6.07, 6.45) is -2.74. The number of hydrogen-bond acceptors (Lipinski definition) is 10. The van der Waals surface area contributed by atoms with Crippen LogP contribution in [-0.2, 0) is 42.9 Å². The Hall–Kier alpha value is -2.89. The van der Waals surface area contributed by atoms with Crippen molar-refractivity contribution in [1.29, 1.82) is 0 Å². The Morgan fingerprint density at radius 2 is 1.59 bits per heavy atom. The highest BCUT2D eigenvalue weighted by Gasteiger charge is 2.50. The molecule has 1 aliphatic heterocycles. The Balaban J connectivity index is 3.05. The number of azide groups is 1. The van der Waals surface area contributed by atoms with E-state index in [1.54, 1.807) is 0 Å². The molecule has 1 saturated heterocycles. The van der Waals surface area contributed by atoms with E-state index in [4.69, 9.17) is 29.2 Å². The van der Waals surface area contributed by atoms with Gasteiger partial charge in [0.25, 0.3) is 0 Å². The van der Waals surface area contributed by atoms with Crippen molar-refractivity contribution in [3.63, 3.8) is 0 Å². The van der Waals surface area contributed by atoms with Gasteiger partial charge in [0.2, 0.25) is 5.91 Å². The Morgan fingerprint density at radius 3 is 2.16 bits per heavy atom. The van der Waals surface area contributed by atoms with Crippen molar-refractivity contribution in [3.8, 4) is 0 Å². The average molecular weight is 458 g/mol. The van der Waals surface area contributed by atoms with Crippen molar-refractivity contribution in [2.75, 3.05) is 26.4 Å². The summed E-state index contributed by atoms with van der Waals surface area (Å²) in [4.78, 5) is 49.3. The summed E-state index contributed by atoms with van der Waals surface area (Å²) in [6, 6.07) is -0.891. The molecule has 0 aromatic rings. The van der Waals surface area contributed by atoms with Crippen LogP contribution in [0.3, 0.4) is 0 Å². The summed E-state index contributed by atoms with van der Waals surface area (Å²) in [7, 11) is 0. The van der Waals surface area contributed by atoms with Gasteiger partial charge >= 0.3 is 17.9 Å². The van der Waals surface area contributed by atoms with Crippen molar-refractivity contribution in [2.45, 2.75) is 71.0 Å². The first-order chi connectivity index (χ1) is 15.1. The third kappa shape index (κ3) is 9.94. The zero-order chi connectivity index (χ0) is 24.1. The maximum Gasteiger partial charge on any atom is 0.303 e. The third-order valence-electron chi connectivity index (χ3n) is 4.36. The van der Waals surface area contributed by atoms with Gasteiger partial charge in [-0.1, -0.05) is 5.11 Å². The lowest BCUT2D eigenvalue weighted by molar-refractivity contribution is -0.229. The van der Waals surface area contributed by atoms with Crippen molar-refractivity contribution in [3.05, 3.63) is 10.4 Å². The molecule has 1 N–H and O–H groups in total. The fourth-order valence-corrected chi connectivity index (χ4v) is 3.20. The van der Waals surface area contributed by atoms with E-state index in [9.17, 15) is 19.2 Å². The monoisotopic (exact) mass is 458 g/mol. The number of nitrogens with one attached hydrogen (secondary N) is 1. The van der Waals surface area contributed by atoms with E-state index in [1.807, 2.05) is 0 Å². The molecule has 1 heterocycles. The standard InChI is InChI=1S/C19H30N4O9/c1-11(24)22-17-15(9-28-8-6-5-7-21-23-20)32-16(10-29-12(2)25)18(30-13(3)26)19(17)31-14(4)27/h15-19H,5-10H2,1-4H3,(H,22,24)/t15-,16+,17-,18-,19+/m0/s1. The average Bonchev–Trinajstić information content (AvgIpc) is 2.68. The highest BCUT2D eigenvalue weighted by Crippen LogP contribution is 2.27. The molecular weight excluding hydrogens is 428 g/mol. The zero-order valence-electron chi connectivity index (χ0n) is 18.6.